The maximum absolute atomic E-state index is 11.8. The van der Waals surface area contributed by atoms with Crippen LogP contribution in [0, 0.1) is 0 Å². The molecular formula is C15H15BrN4O3. The Kier molecular flexibility index (Phi) is 4.82. The van der Waals surface area contributed by atoms with Crippen molar-refractivity contribution < 1.29 is 14.3 Å². The molecule has 3 N–H and O–H groups in total. The fraction of sp³-hybridized carbons (Fsp3) is 0.200. The van der Waals surface area contributed by atoms with Crippen LogP contribution >= 0.6 is 15.9 Å². The van der Waals surface area contributed by atoms with E-state index in [0.717, 1.165) is 10.0 Å². The van der Waals surface area contributed by atoms with Crippen molar-refractivity contribution in [2.24, 2.45) is 0 Å². The first kappa shape index (κ1) is 15.4. The minimum absolute atomic E-state index is 0.352. The Bertz CT molecular complexity index is 697. The summed E-state index contributed by atoms with van der Waals surface area (Å²) in [5.41, 5.74) is 6.13. The second-order valence-corrected chi connectivity index (χ2v) is 5.60. The second-order valence-electron chi connectivity index (χ2n) is 4.75. The maximum Gasteiger partial charge on any atom is 0.333 e. The number of urea groups is 1. The van der Waals surface area contributed by atoms with Crippen molar-refractivity contribution in [3.05, 3.63) is 46.6 Å². The van der Waals surface area contributed by atoms with Gasteiger partial charge in [-0.1, -0.05) is 6.07 Å². The summed E-state index contributed by atoms with van der Waals surface area (Å²) in [4.78, 5) is 15.8. The summed E-state index contributed by atoms with van der Waals surface area (Å²) in [5.74, 6) is 1.93. The molecule has 0 fully saturated rings. The number of fused-ring (bicyclic) bond motifs is 1. The van der Waals surface area contributed by atoms with Crippen molar-refractivity contribution in [2.45, 2.75) is 6.54 Å². The number of nitrogens with one attached hydrogen (secondary N) is 3. The molecule has 7 nitrogen and oxygen atoms in total. The van der Waals surface area contributed by atoms with Gasteiger partial charge in [-0.25, -0.2) is 9.78 Å². The predicted octanol–water partition coefficient (Wildman–Crippen LogP) is 2.44. The third kappa shape index (κ3) is 4.04. The lowest BCUT2D eigenvalue weighted by molar-refractivity contribution is 0.170. The molecule has 23 heavy (non-hydrogen) atoms. The van der Waals surface area contributed by atoms with Crippen LogP contribution in [0.2, 0.25) is 0 Å². The predicted molar refractivity (Wildman–Crippen MR) is 88.4 cm³/mol. The lowest BCUT2D eigenvalue weighted by Gasteiger charge is -2.20. The van der Waals surface area contributed by atoms with Crippen molar-refractivity contribution in [3.63, 3.8) is 0 Å². The van der Waals surface area contributed by atoms with Gasteiger partial charge in [0.15, 0.2) is 11.5 Å². The third-order valence-electron chi connectivity index (χ3n) is 3.08. The maximum atomic E-state index is 11.8. The Hall–Kier alpha value is -2.48. The molecule has 0 saturated carbocycles. The third-order valence-corrected chi connectivity index (χ3v) is 3.67. The van der Waals surface area contributed by atoms with E-state index in [2.05, 4.69) is 37.1 Å². The van der Waals surface area contributed by atoms with Crippen molar-refractivity contribution in [1.29, 1.82) is 0 Å². The molecule has 1 aromatic carbocycles. The molecule has 2 amide bonds. The van der Waals surface area contributed by atoms with Gasteiger partial charge < -0.3 is 14.8 Å². The summed E-state index contributed by atoms with van der Waals surface area (Å²) in [7, 11) is 0. The van der Waals surface area contributed by atoms with Crippen molar-refractivity contribution in [2.75, 3.05) is 18.6 Å². The number of ether oxygens (including phenoxy) is 2. The molecule has 0 saturated heterocycles. The van der Waals surface area contributed by atoms with Crippen LogP contribution in [-0.4, -0.2) is 24.2 Å². The Labute approximate surface area is 141 Å². The molecular weight excluding hydrogens is 364 g/mol. The summed E-state index contributed by atoms with van der Waals surface area (Å²) in [6.45, 7) is 1.40. The molecule has 0 unspecified atom stereocenters. The van der Waals surface area contributed by atoms with Gasteiger partial charge in [-0.05, 0) is 45.8 Å². The van der Waals surface area contributed by atoms with Crippen LogP contribution in [0.4, 0.5) is 10.6 Å². The molecule has 1 aliphatic heterocycles. The highest BCUT2D eigenvalue weighted by Gasteiger charge is 2.16. The Balaban J connectivity index is 1.54. The second kappa shape index (κ2) is 7.19. The zero-order valence-electron chi connectivity index (χ0n) is 12.1. The molecule has 120 valence electrons. The zero-order chi connectivity index (χ0) is 16.1. The van der Waals surface area contributed by atoms with Gasteiger partial charge in [0.2, 0.25) is 0 Å². The fourth-order valence-corrected chi connectivity index (χ4v) is 2.65. The number of pyridine rings is 1. The largest absolute Gasteiger partial charge is 0.486 e. The number of carbonyl (C=O) groups excluding carboxylic acids is 1. The molecule has 0 aliphatic carbocycles. The van der Waals surface area contributed by atoms with E-state index in [4.69, 9.17) is 9.47 Å². The monoisotopic (exact) mass is 378 g/mol. The van der Waals surface area contributed by atoms with Gasteiger partial charge in [-0.15, -0.1) is 0 Å². The average molecular weight is 379 g/mol. The highest BCUT2D eigenvalue weighted by Crippen LogP contribution is 2.38. The van der Waals surface area contributed by atoms with Crippen molar-refractivity contribution in [3.8, 4) is 11.5 Å². The number of amides is 2. The minimum atomic E-state index is -0.360. The highest BCUT2D eigenvalue weighted by atomic mass is 79.9. The number of rotatable bonds is 4. The quantitative estimate of drug-likeness (QED) is 0.711. The lowest BCUT2D eigenvalue weighted by atomic mass is 10.2. The number of hydrazine groups is 1. The summed E-state index contributed by atoms with van der Waals surface area (Å²) in [5, 5.41) is 2.75. The summed E-state index contributed by atoms with van der Waals surface area (Å²) in [6, 6.07) is 8.75. The normalized spacial score (nSPS) is 12.4. The topological polar surface area (TPSA) is 84.5 Å². The molecule has 8 heteroatoms. The van der Waals surface area contributed by atoms with Crippen LogP contribution in [0.15, 0.2) is 41.0 Å². The number of hydrogen-bond acceptors (Lipinski definition) is 5. The lowest BCUT2D eigenvalue weighted by Crippen LogP contribution is -2.38. The first-order chi connectivity index (χ1) is 11.2. The summed E-state index contributed by atoms with van der Waals surface area (Å²) < 4.78 is 11.9. The van der Waals surface area contributed by atoms with Crippen molar-refractivity contribution >= 4 is 27.8 Å². The Morgan fingerprint density at radius 3 is 2.96 bits per heavy atom. The number of anilines is 1. The molecule has 0 bridgehead atoms. The van der Waals surface area contributed by atoms with Crippen LogP contribution < -0.4 is 25.6 Å². The number of hydrogen-bond donors (Lipinski definition) is 3. The van der Waals surface area contributed by atoms with E-state index < -0.39 is 0 Å². The van der Waals surface area contributed by atoms with E-state index >= 15 is 0 Å². The van der Waals surface area contributed by atoms with Gasteiger partial charge in [-0.3, -0.25) is 10.9 Å². The van der Waals surface area contributed by atoms with E-state index in [1.165, 1.54) is 0 Å². The van der Waals surface area contributed by atoms with Gasteiger partial charge >= 0.3 is 6.03 Å². The first-order valence-corrected chi connectivity index (χ1v) is 7.80. The molecule has 3 rings (SSSR count). The van der Waals surface area contributed by atoms with Crippen LogP contribution in [0.25, 0.3) is 0 Å². The van der Waals surface area contributed by atoms with Crippen LogP contribution in [-0.2, 0) is 6.54 Å². The Morgan fingerprint density at radius 2 is 2.13 bits per heavy atom. The van der Waals surface area contributed by atoms with Crippen molar-refractivity contribution in [1.82, 2.24) is 15.7 Å². The fourth-order valence-electron chi connectivity index (χ4n) is 2.05. The Morgan fingerprint density at radius 1 is 1.26 bits per heavy atom. The molecule has 1 aromatic heterocycles. The average Bonchev–Trinajstić information content (AvgIpc) is 2.59. The van der Waals surface area contributed by atoms with Crippen LogP contribution in [0.3, 0.4) is 0 Å². The number of nitrogens with zero attached hydrogens (tertiary/aromatic N) is 1. The number of aromatic nitrogens is 1. The van der Waals surface area contributed by atoms with E-state index in [9.17, 15) is 4.79 Å². The van der Waals surface area contributed by atoms with Crippen LogP contribution in [0.1, 0.15) is 5.56 Å². The van der Waals surface area contributed by atoms with E-state index in [0.29, 0.717) is 37.1 Å². The van der Waals surface area contributed by atoms with E-state index in [1.54, 1.807) is 18.3 Å². The minimum Gasteiger partial charge on any atom is -0.486 e. The standard InChI is InChI=1S/C15H15BrN4O3/c16-11-7-10(8-12-14(11)23-6-5-22-12)9-18-15(21)20-19-13-3-1-2-4-17-13/h1-4,7-8H,5-6,9H2,(H,17,19)(H2,18,20,21). The van der Waals surface area contributed by atoms with Gasteiger partial charge in [0.05, 0.1) is 4.47 Å². The number of benzene rings is 1. The molecule has 0 radical (unpaired) electrons. The van der Waals surface area contributed by atoms with Gasteiger partial charge in [0, 0.05) is 12.7 Å². The molecule has 1 aliphatic rings. The number of halogens is 1. The van der Waals surface area contributed by atoms with Gasteiger partial charge in [0.1, 0.15) is 19.0 Å². The van der Waals surface area contributed by atoms with E-state index in [1.807, 2.05) is 18.2 Å². The smallest absolute Gasteiger partial charge is 0.333 e. The van der Waals surface area contributed by atoms with Crippen LogP contribution in [0.5, 0.6) is 11.5 Å². The molecule has 2 heterocycles. The first-order valence-electron chi connectivity index (χ1n) is 7.01. The van der Waals surface area contributed by atoms with E-state index in [-0.39, 0.29) is 6.03 Å². The summed E-state index contributed by atoms with van der Waals surface area (Å²) in [6.07, 6.45) is 1.63. The molecule has 0 atom stereocenters. The van der Waals surface area contributed by atoms with Gasteiger partial charge in [0.25, 0.3) is 0 Å². The SMILES string of the molecule is O=C(NCc1cc(Br)c2c(c1)OCCO2)NNc1ccccn1. The zero-order valence-corrected chi connectivity index (χ0v) is 13.7. The molecule has 0 spiro atoms. The number of carbonyl (C=O) groups is 1. The highest BCUT2D eigenvalue weighted by molar-refractivity contribution is 9.10. The summed E-state index contributed by atoms with van der Waals surface area (Å²) >= 11 is 3.45. The van der Waals surface area contributed by atoms with Gasteiger partial charge in [-0.2, -0.15) is 0 Å². The molecule has 2 aromatic rings.